The summed E-state index contributed by atoms with van der Waals surface area (Å²) in [5.41, 5.74) is 1.00. The third-order valence-corrected chi connectivity index (χ3v) is 4.80. The van der Waals surface area contributed by atoms with E-state index in [9.17, 15) is 0 Å². The summed E-state index contributed by atoms with van der Waals surface area (Å²) in [5.74, 6) is 2.18. The Morgan fingerprint density at radius 2 is 2.00 bits per heavy atom. The molecule has 0 saturated heterocycles. The van der Waals surface area contributed by atoms with Crippen molar-refractivity contribution in [3.8, 4) is 17.4 Å². The van der Waals surface area contributed by atoms with Gasteiger partial charge in [-0.2, -0.15) is 4.98 Å². The summed E-state index contributed by atoms with van der Waals surface area (Å²) < 4.78 is 15.9. The van der Waals surface area contributed by atoms with Gasteiger partial charge in [0.05, 0.1) is 7.11 Å². The molecule has 29 heavy (non-hydrogen) atoms. The summed E-state index contributed by atoms with van der Waals surface area (Å²) in [4.78, 5) is 17.1. The van der Waals surface area contributed by atoms with E-state index in [1.165, 1.54) is 18.9 Å². The van der Waals surface area contributed by atoms with Gasteiger partial charge in [0.1, 0.15) is 5.03 Å². The van der Waals surface area contributed by atoms with E-state index in [1.807, 2.05) is 18.2 Å². The maximum Gasteiger partial charge on any atom is 0.233 e. The molecule has 2 N–H and O–H groups in total. The number of nitrogens with zero attached hydrogens (tertiary/aromatic N) is 4. The minimum atomic E-state index is 0.244. The number of methoxy groups -OCH3 is 1. The molecule has 1 aliphatic rings. The SMILES string of the molecule is COc1cc(Sc2ncccn2)nc(NC(=S)NCc2ccc3c(c2)OCO3)n1. The molecule has 11 heteroatoms. The minimum Gasteiger partial charge on any atom is -0.481 e. The predicted molar refractivity (Wildman–Crippen MR) is 110 cm³/mol. The van der Waals surface area contributed by atoms with Gasteiger partial charge >= 0.3 is 0 Å². The van der Waals surface area contributed by atoms with Gasteiger partial charge < -0.3 is 24.8 Å². The molecule has 148 valence electrons. The van der Waals surface area contributed by atoms with Crippen LogP contribution in [0.25, 0.3) is 0 Å². The number of ether oxygens (including phenoxy) is 3. The topological polar surface area (TPSA) is 103 Å². The largest absolute Gasteiger partial charge is 0.481 e. The molecule has 0 amide bonds. The van der Waals surface area contributed by atoms with Crippen molar-refractivity contribution < 1.29 is 14.2 Å². The van der Waals surface area contributed by atoms with Gasteiger partial charge in [-0.15, -0.1) is 0 Å². The molecule has 0 bridgehead atoms. The van der Waals surface area contributed by atoms with E-state index in [0.29, 0.717) is 33.7 Å². The van der Waals surface area contributed by atoms with Crippen LogP contribution in [0.15, 0.2) is 52.9 Å². The Bertz CT molecular complexity index is 1020. The second kappa shape index (κ2) is 8.88. The molecule has 0 saturated carbocycles. The van der Waals surface area contributed by atoms with Crippen molar-refractivity contribution in [3.05, 3.63) is 48.3 Å². The third-order valence-electron chi connectivity index (χ3n) is 3.74. The van der Waals surface area contributed by atoms with E-state index in [4.69, 9.17) is 26.4 Å². The summed E-state index contributed by atoms with van der Waals surface area (Å²) in [7, 11) is 1.54. The van der Waals surface area contributed by atoms with Crippen molar-refractivity contribution in [2.45, 2.75) is 16.7 Å². The highest BCUT2D eigenvalue weighted by atomic mass is 32.2. The lowest BCUT2D eigenvalue weighted by Gasteiger charge is -2.11. The Balaban J connectivity index is 1.40. The van der Waals surface area contributed by atoms with Gasteiger partial charge in [0.25, 0.3) is 0 Å². The molecule has 9 nitrogen and oxygen atoms in total. The van der Waals surface area contributed by atoms with Crippen molar-refractivity contribution in [2.75, 3.05) is 19.2 Å². The van der Waals surface area contributed by atoms with Crippen molar-refractivity contribution in [3.63, 3.8) is 0 Å². The average Bonchev–Trinajstić information content (AvgIpc) is 3.20. The number of aromatic nitrogens is 4. The van der Waals surface area contributed by atoms with E-state index in [2.05, 4.69) is 30.6 Å². The predicted octanol–water partition coefficient (Wildman–Crippen LogP) is 2.64. The molecular formula is C18H16N6O3S2. The number of fused-ring (bicyclic) bond motifs is 1. The first-order valence-electron chi connectivity index (χ1n) is 8.51. The maximum atomic E-state index is 5.38. The number of benzene rings is 1. The monoisotopic (exact) mass is 428 g/mol. The second-order valence-corrected chi connectivity index (χ2v) is 7.10. The zero-order valence-corrected chi connectivity index (χ0v) is 16.9. The highest BCUT2D eigenvalue weighted by Gasteiger charge is 2.13. The molecule has 0 atom stereocenters. The van der Waals surface area contributed by atoms with Gasteiger partial charge in [-0.1, -0.05) is 6.07 Å². The van der Waals surface area contributed by atoms with Gasteiger partial charge in [-0.05, 0) is 47.7 Å². The molecule has 1 aliphatic heterocycles. The Kier molecular flexibility index (Phi) is 5.86. The van der Waals surface area contributed by atoms with Crippen LogP contribution in [-0.2, 0) is 6.54 Å². The van der Waals surface area contributed by atoms with E-state index in [-0.39, 0.29) is 6.79 Å². The average molecular weight is 428 g/mol. The molecule has 3 heterocycles. The van der Waals surface area contributed by atoms with Gasteiger partial charge in [0.2, 0.25) is 18.6 Å². The standard InChI is InChI=1S/C18H16N6O3S2/c1-25-14-8-15(29-18-19-5-2-6-20-18)23-16(22-14)24-17(28)21-9-11-3-4-12-13(7-11)27-10-26-12/h2-8H,9-10H2,1H3,(H2,21,22,23,24,28). The normalized spacial score (nSPS) is 11.8. The van der Waals surface area contributed by atoms with Crippen molar-refractivity contribution in [2.24, 2.45) is 0 Å². The van der Waals surface area contributed by atoms with Gasteiger partial charge in [0.15, 0.2) is 21.8 Å². The fourth-order valence-corrected chi connectivity index (χ4v) is 3.30. The molecule has 4 rings (SSSR count). The second-order valence-electron chi connectivity index (χ2n) is 5.70. The lowest BCUT2D eigenvalue weighted by Crippen LogP contribution is -2.28. The fraction of sp³-hybridized carbons (Fsp3) is 0.167. The van der Waals surface area contributed by atoms with Crippen LogP contribution < -0.4 is 24.8 Å². The van der Waals surface area contributed by atoms with Crippen LogP contribution in [-0.4, -0.2) is 39.0 Å². The fourth-order valence-electron chi connectivity index (χ4n) is 2.43. The minimum absolute atomic E-state index is 0.244. The van der Waals surface area contributed by atoms with Crippen LogP contribution in [0.4, 0.5) is 5.95 Å². The van der Waals surface area contributed by atoms with E-state index in [0.717, 1.165) is 17.1 Å². The quantitative estimate of drug-likeness (QED) is 0.344. The van der Waals surface area contributed by atoms with E-state index < -0.39 is 0 Å². The van der Waals surface area contributed by atoms with Crippen LogP contribution in [0.2, 0.25) is 0 Å². The Morgan fingerprint density at radius 1 is 1.17 bits per heavy atom. The van der Waals surface area contributed by atoms with Crippen LogP contribution in [0.1, 0.15) is 5.56 Å². The molecule has 1 aromatic carbocycles. The van der Waals surface area contributed by atoms with E-state index >= 15 is 0 Å². The van der Waals surface area contributed by atoms with E-state index in [1.54, 1.807) is 24.5 Å². The van der Waals surface area contributed by atoms with Gasteiger partial charge in [0, 0.05) is 25.0 Å². The van der Waals surface area contributed by atoms with Gasteiger partial charge in [-0.25, -0.2) is 15.0 Å². The first kappa shape index (κ1) is 19.2. The van der Waals surface area contributed by atoms with Gasteiger partial charge in [-0.3, -0.25) is 0 Å². The third kappa shape index (κ3) is 5.00. The Morgan fingerprint density at radius 3 is 2.83 bits per heavy atom. The van der Waals surface area contributed by atoms with Crippen LogP contribution in [0.3, 0.4) is 0 Å². The lowest BCUT2D eigenvalue weighted by molar-refractivity contribution is 0.174. The number of nitrogens with one attached hydrogen (secondary N) is 2. The highest BCUT2D eigenvalue weighted by molar-refractivity contribution is 7.99. The number of rotatable bonds is 6. The van der Waals surface area contributed by atoms with Crippen LogP contribution in [0.5, 0.6) is 17.4 Å². The zero-order chi connectivity index (χ0) is 20.1. The molecule has 0 unspecified atom stereocenters. The van der Waals surface area contributed by atoms with Crippen LogP contribution in [0, 0.1) is 0 Å². The zero-order valence-electron chi connectivity index (χ0n) is 15.3. The molecule has 0 fully saturated rings. The summed E-state index contributed by atoms with van der Waals surface area (Å²) in [6.45, 7) is 0.750. The maximum absolute atomic E-state index is 5.38. The summed E-state index contributed by atoms with van der Waals surface area (Å²) in [6.07, 6.45) is 3.34. The number of thiocarbonyl (C=S) groups is 1. The first-order chi connectivity index (χ1) is 14.2. The van der Waals surface area contributed by atoms with Crippen molar-refractivity contribution in [1.82, 2.24) is 25.3 Å². The van der Waals surface area contributed by atoms with Crippen molar-refractivity contribution in [1.29, 1.82) is 0 Å². The molecular weight excluding hydrogens is 412 g/mol. The summed E-state index contributed by atoms with van der Waals surface area (Å²) >= 11 is 6.65. The Hall–Kier alpha value is -3.18. The molecule has 0 spiro atoms. The number of hydrogen-bond donors (Lipinski definition) is 2. The highest BCUT2D eigenvalue weighted by Crippen LogP contribution is 2.32. The number of hydrogen-bond acceptors (Lipinski definition) is 9. The number of anilines is 1. The smallest absolute Gasteiger partial charge is 0.233 e. The lowest BCUT2D eigenvalue weighted by atomic mass is 10.2. The molecule has 0 aliphatic carbocycles. The Labute approximate surface area is 176 Å². The summed E-state index contributed by atoms with van der Waals surface area (Å²) in [6, 6.07) is 9.18. The van der Waals surface area contributed by atoms with Crippen LogP contribution >= 0.6 is 24.0 Å². The first-order valence-corrected chi connectivity index (χ1v) is 9.73. The molecule has 2 aromatic heterocycles. The van der Waals surface area contributed by atoms with Crippen molar-refractivity contribution >= 4 is 35.0 Å². The molecule has 0 radical (unpaired) electrons. The summed E-state index contributed by atoms with van der Waals surface area (Å²) in [5, 5.41) is 7.67. The molecule has 3 aromatic rings.